The van der Waals surface area contributed by atoms with Crippen LogP contribution in [0.5, 0.6) is 0 Å². The lowest BCUT2D eigenvalue weighted by atomic mass is 10.2. The maximum absolute atomic E-state index is 7.57. The van der Waals surface area contributed by atoms with Crippen molar-refractivity contribution in [3.05, 3.63) is 30.1 Å². The molecule has 1 heterocycles. The van der Waals surface area contributed by atoms with Gasteiger partial charge in [0, 0.05) is 19.0 Å². The highest BCUT2D eigenvalue weighted by molar-refractivity contribution is 5.08. The number of pyridine rings is 1. The van der Waals surface area contributed by atoms with E-state index in [2.05, 4.69) is 11.9 Å². The summed E-state index contributed by atoms with van der Waals surface area (Å²) >= 11 is 0. The van der Waals surface area contributed by atoms with E-state index in [4.69, 9.17) is 5.11 Å². The largest absolute Gasteiger partial charge is 0.397 e. The van der Waals surface area contributed by atoms with E-state index in [1.165, 1.54) is 5.56 Å². The van der Waals surface area contributed by atoms with Gasteiger partial charge in [0.2, 0.25) is 0 Å². The molecule has 0 aromatic carbocycles. The average Bonchev–Trinajstić information content (AvgIpc) is 2.08. The maximum Gasteiger partial charge on any atom is 0.0402 e. The third kappa shape index (κ3) is 5.55. The summed E-state index contributed by atoms with van der Waals surface area (Å²) in [6.07, 6.45) is 4.74. The fourth-order valence-corrected chi connectivity index (χ4v) is 0.618. The minimum absolute atomic E-state index is 0.250. The van der Waals surface area contributed by atoms with Crippen LogP contribution >= 0.6 is 0 Å². The van der Waals surface area contributed by atoms with Crippen LogP contribution in [0.1, 0.15) is 19.4 Å². The van der Waals surface area contributed by atoms with Crippen molar-refractivity contribution in [3.8, 4) is 0 Å². The van der Waals surface area contributed by atoms with Crippen molar-refractivity contribution in [1.82, 2.24) is 4.98 Å². The predicted molar refractivity (Wildman–Crippen MR) is 46.4 cm³/mol. The quantitative estimate of drug-likeness (QED) is 0.665. The molecule has 0 fully saturated rings. The average molecular weight is 153 g/mol. The molecule has 0 saturated heterocycles. The summed E-state index contributed by atoms with van der Waals surface area (Å²) < 4.78 is 0. The summed E-state index contributed by atoms with van der Waals surface area (Å²) in [6, 6.07) is 4.06. The molecule has 0 unspecified atom stereocenters. The van der Waals surface area contributed by atoms with Gasteiger partial charge in [-0.3, -0.25) is 4.98 Å². The molecule has 0 aliphatic heterocycles. The van der Waals surface area contributed by atoms with Crippen molar-refractivity contribution < 1.29 is 5.11 Å². The van der Waals surface area contributed by atoms with E-state index in [-0.39, 0.29) is 6.61 Å². The van der Waals surface area contributed by atoms with Crippen LogP contribution in [0.2, 0.25) is 0 Å². The van der Waals surface area contributed by atoms with Crippen LogP contribution in [0.4, 0.5) is 0 Å². The normalized spacial score (nSPS) is 8.27. The Morgan fingerprint density at radius 1 is 1.27 bits per heavy atom. The summed E-state index contributed by atoms with van der Waals surface area (Å²) in [5.41, 5.74) is 1.35. The zero-order valence-corrected chi connectivity index (χ0v) is 7.12. The second kappa shape index (κ2) is 7.22. The summed E-state index contributed by atoms with van der Waals surface area (Å²) in [5.74, 6) is 0. The van der Waals surface area contributed by atoms with Crippen molar-refractivity contribution >= 4 is 0 Å². The van der Waals surface area contributed by atoms with Gasteiger partial charge in [0.15, 0.2) is 0 Å². The van der Waals surface area contributed by atoms with Crippen LogP contribution in [0.3, 0.4) is 0 Å². The molecule has 62 valence electrons. The van der Waals surface area contributed by atoms with E-state index < -0.39 is 0 Å². The zero-order valence-electron chi connectivity index (χ0n) is 7.12. The maximum atomic E-state index is 7.57. The first-order chi connectivity index (χ1) is 5.35. The minimum Gasteiger partial charge on any atom is -0.397 e. The lowest BCUT2D eigenvalue weighted by Gasteiger charge is -1.89. The van der Waals surface area contributed by atoms with Crippen molar-refractivity contribution in [2.45, 2.75) is 20.3 Å². The van der Waals surface area contributed by atoms with Gasteiger partial charge in [0.05, 0.1) is 0 Å². The first kappa shape index (κ1) is 10.1. The molecule has 1 rings (SSSR count). The van der Waals surface area contributed by atoms with Gasteiger partial charge in [-0.25, -0.2) is 0 Å². The van der Waals surface area contributed by atoms with E-state index in [9.17, 15) is 0 Å². The molecular formula is C9H15NO. The van der Waals surface area contributed by atoms with Crippen LogP contribution in [0.25, 0.3) is 0 Å². The summed E-state index contributed by atoms with van der Waals surface area (Å²) in [7, 11) is 0. The Morgan fingerprint density at radius 3 is 2.00 bits per heavy atom. The van der Waals surface area contributed by atoms with E-state index in [1.807, 2.05) is 24.5 Å². The number of hydrogen-bond donors (Lipinski definition) is 1. The molecular weight excluding hydrogens is 138 g/mol. The second-order valence-corrected chi connectivity index (χ2v) is 2.03. The smallest absolute Gasteiger partial charge is 0.0402 e. The standard InChI is InChI=1S/C7H9N.C2H6O/c1-2-7-3-5-8-6-4-7;1-2-3/h3-6H,2H2,1H3;3H,2H2,1H3. The monoisotopic (exact) mass is 153 g/mol. The number of aliphatic hydroxyl groups excluding tert-OH is 1. The second-order valence-electron chi connectivity index (χ2n) is 2.03. The molecule has 11 heavy (non-hydrogen) atoms. The Balaban J connectivity index is 0.000000292. The van der Waals surface area contributed by atoms with E-state index >= 15 is 0 Å². The van der Waals surface area contributed by atoms with E-state index in [1.54, 1.807) is 6.92 Å². The first-order valence-electron chi connectivity index (χ1n) is 3.84. The Hall–Kier alpha value is -0.890. The molecule has 0 radical (unpaired) electrons. The van der Waals surface area contributed by atoms with Crippen LogP contribution in [-0.4, -0.2) is 16.7 Å². The highest BCUT2D eigenvalue weighted by Crippen LogP contribution is 1.94. The van der Waals surface area contributed by atoms with E-state index in [0.717, 1.165) is 6.42 Å². The number of aromatic nitrogens is 1. The van der Waals surface area contributed by atoms with Gasteiger partial charge in [0.1, 0.15) is 0 Å². The number of hydrogen-bond acceptors (Lipinski definition) is 2. The van der Waals surface area contributed by atoms with Crippen LogP contribution in [0, 0.1) is 0 Å². The fraction of sp³-hybridized carbons (Fsp3) is 0.444. The van der Waals surface area contributed by atoms with Crippen molar-refractivity contribution in [1.29, 1.82) is 0 Å². The molecule has 0 spiro atoms. The summed E-state index contributed by atoms with van der Waals surface area (Å²) in [5, 5.41) is 7.57. The Labute approximate surface area is 67.9 Å². The molecule has 1 aromatic heterocycles. The summed E-state index contributed by atoms with van der Waals surface area (Å²) in [4.78, 5) is 3.89. The van der Waals surface area contributed by atoms with Crippen molar-refractivity contribution in [2.75, 3.05) is 6.61 Å². The fourth-order valence-electron chi connectivity index (χ4n) is 0.618. The molecule has 1 aromatic rings. The zero-order chi connectivity index (χ0) is 8.53. The third-order valence-electron chi connectivity index (χ3n) is 1.16. The van der Waals surface area contributed by atoms with Gasteiger partial charge >= 0.3 is 0 Å². The number of rotatable bonds is 1. The Morgan fingerprint density at radius 2 is 1.73 bits per heavy atom. The molecule has 0 amide bonds. The molecule has 0 bridgehead atoms. The molecule has 1 N–H and O–H groups in total. The summed E-state index contributed by atoms with van der Waals surface area (Å²) in [6.45, 7) is 4.06. The van der Waals surface area contributed by atoms with E-state index in [0.29, 0.717) is 0 Å². The van der Waals surface area contributed by atoms with Gasteiger partial charge in [-0.05, 0) is 31.0 Å². The SMILES string of the molecule is CCO.CCc1ccncc1. The predicted octanol–water partition coefficient (Wildman–Crippen LogP) is 1.64. The van der Waals surface area contributed by atoms with Crippen LogP contribution in [-0.2, 0) is 6.42 Å². The van der Waals surface area contributed by atoms with Gasteiger partial charge in [-0.2, -0.15) is 0 Å². The molecule has 0 saturated carbocycles. The topological polar surface area (TPSA) is 33.1 Å². The Bertz CT molecular complexity index is 162. The van der Waals surface area contributed by atoms with Gasteiger partial charge in [0.25, 0.3) is 0 Å². The highest BCUT2D eigenvalue weighted by Gasteiger charge is 1.80. The number of aliphatic hydroxyl groups is 1. The highest BCUT2D eigenvalue weighted by atomic mass is 16.2. The molecule has 0 atom stereocenters. The molecule has 2 heteroatoms. The molecule has 2 nitrogen and oxygen atoms in total. The lowest BCUT2D eigenvalue weighted by molar-refractivity contribution is 0.318. The van der Waals surface area contributed by atoms with Crippen LogP contribution < -0.4 is 0 Å². The van der Waals surface area contributed by atoms with Gasteiger partial charge in [-0.15, -0.1) is 0 Å². The first-order valence-corrected chi connectivity index (χ1v) is 3.84. The Kier molecular flexibility index (Phi) is 6.64. The number of nitrogens with zero attached hydrogens (tertiary/aromatic N) is 1. The third-order valence-corrected chi connectivity index (χ3v) is 1.16. The molecule has 0 aliphatic rings. The molecule has 0 aliphatic carbocycles. The van der Waals surface area contributed by atoms with Crippen molar-refractivity contribution in [2.24, 2.45) is 0 Å². The number of aryl methyl sites for hydroxylation is 1. The minimum atomic E-state index is 0.250. The van der Waals surface area contributed by atoms with Crippen LogP contribution in [0.15, 0.2) is 24.5 Å². The lowest BCUT2D eigenvalue weighted by Crippen LogP contribution is -1.76. The van der Waals surface area contributed by atoms with Gasteiger partial charge in [-0.1, -0.05) is 6.92 Å². The van der Waals surface area contributed by atoms with Gasteiger partial charge < -0.3 is 5.11 Å². The van der Waals surface area contributed by atoms with Crippen molar-refractivity contribution in [3.63, 3.8) is 0 Å².